The molecule has 0 atom stereocenters. The summed E-state index contributed by atoms with van der Waals surface area (Å²) < 4.78 is 10.8. The van der Waals surface area contributed by atoms with Gasteiger partial charge in [-0.2, -0.15) is 0 Å². The van der Waals surface area contributed by atoms with E-state index in [4.69, 9.17) is 9.47 Å². The van der Waals surface area contributed by atoms with Gasteiger partial charge in [-0.25, -0.2) is 0 Å². The van der Waals surface area contributed by atoms with Crippen molar-refractivity contribution in [3.8, 4) is 11.5 Å². The fourth-order valence-electron chi connectivity index (χ4n) is 2.16. The number of hydrogen-bond acceptors (Lipinski definition) is 3. The molecule has 0 saturated carbocycles. The van der Waals surface area contributed by atoms with E-state index in [1.165, 1.54) is 5.56 Å². The Morgan fingerprint density at radius 1 is 0.957 bits per heavy atom. The second kappa shape index (κ2) is 9.51. The van der Waals surface area contributed by atoms with Gasteiger partial charge in [-0.1, -0.05) is 30.3 Å². The Morgan fingerprint density at radius 2 is 1.61 bits per heavy atom. The van der Waals surface area contributed by atoms with Crippen LogP contribution in [0.25, 0.3) is 0 Å². The third-order valence-electron chi connectivity index (χ3n) is 3.31. The van der Waals surface area contributed by atoms with E-state index in [1.54, 1.807) is 12.1 Å². The standard InChI is InChI=1S/C19H23NO3/c1-2-22-17-10-12-18(13-11-17)23-15-19(21)20-14-6-9-16-7-4-3-5-8-16/h3-5,7-8,10-13H,2,6,9,14-15H2,1H3,(H,20,21). The number of aryl methyl sites for hydroxylation is 1. The molecular weight excluding hydrogens is 290 g/mol. The van der Waals surface area contributed by atoms with Crippen molar-refractivity contribution in [1.29, 1.82) is 0 Å². The molecule has 1 N–H and O–H groups in total. The van der Waals surface area contributed by atoms with Crippen LogP contribution in [0.5, 0.6) is 11.5 Å². The molecule has 0 aromatic heterocycles. The van der Waals surface area contributed by atoms with E-state index >= 15 is 0 Å². The van der Waals surface area contributed by atoms with E-state index in [2.05, 4.69) is 17.4 Å². The van der Waals surface area contributed by atoms with Crippen molar-refractivity contribution < 1.29 is 14.3 Å². The van der Waals surface area contributed by atoms with Crippen molar-refractivity contribution in [1.82, 2.24) is 5.32 Å². The molecule has 0 fully saturated rings. The smallest absolute Gasteiger partial charge is 0.257 e. The topological polar surface area (TPSA) is 47.6 Å². The van der Waals surface area contributed by atoms with Gasteiger partial charge in [-0.3, -0.25) is 4.79 Å². The summed E-state index contributed by atoms with van der Waals surface area (Å²) in [6, 6.07) is 17.5. The number of rotatable bonds is 9. The van der Waals surface area contributed by atoms with Gasteiger partial charge in [0.25, 0.3) is 5.91 Å². The Balaban J connectivity index is 1.61. The molecule has 2 rings (SSSR count). The lowest BCUT2D eigenvalue weighted by molar-refractivity contribution is -0.123. The second-order valence-electron chi connectivity index (χ2n) is 5.13. The third kappa shape index (κ3) is 6.43. The largest absolute Gasteiger partial charge is 0.494 e. The lowest BCUT2D eigenvalue weighted by atomic mass is 10.1. The van der Waals surface area contributed by atoms with E-state index in [1.807, 2.05) is 37.3 Å². The van der Waals surface area contributed by atoms with Crippen LogP contribution < -0.4 is 14.8 Å². The Kier molecular flexibility index (Phi) is 6.98. The van der Waals surface area contributed by atoms with Crippen LogP contribution in [-0.4, -0.2) is 25.7 Å². The molecule has 4 heteroatoms. The molecule has 0 spiro atoms. The highest BCUT2D eigenvalue weighted by Gasteiger charge is 2.03. The van der Waals surface area contributed by atoms with Crippen LogP contribution in [0.4, 0.5) is 0 Å². The van der Waals surface area contributed by atoms with E-state index in [9.17, 15) is 4.79 Å². The van der Waals surface area contributed by atoms with E-state index in [0.29, 0.717) is 18.9 Å². The summed E-state index contributed by atoms with van der Waals surface area (Å²) >= 11 is 0. The third-order valence-corrected chi connectivity index (χ3v) is 3.31. The summed E-state index contributed by atoms with van der Waals surface area (Å²) in [6.45, 7) is 3.25. The van der Waals surface area contributed by atoms with Crippen LogP contribution in [0.1, 0.15) is 18.9 Å². The highest BCUT2D eigenvalue weighted by molar-refractivity contribution is 5.77. The minimum absolute atomic E-state index is 0.0271. The molecule has 2 aromatic rings. The van der Waals surface area contributed by atoms with E-state index in [0.717, 1.165) is 18.6 Å². The van der Waals surface area contributed by atoms with Crippen molar-refractivity contribution in [2.24, 2.45) is 0 Å². The first-order chi connectivity index (χ1) is 11.3. The molecule has 0 heterocycles. The summed E-state index contributed by atoms with van der Waals surface area (Å²) in [5.41, 5.74) is 1.28. The summed E-state index contributed by atoms with van der Waals surface area (Å²) in [6.07, 6.45) is 1.87. The molecule has 4 nitrogen and oxygen atoms in total. The highest BCUT2D eigenvalue weighted by Crippen LogP contribution is 2.17. The van der Waals surface area contributed by atoms with Crippen LogP contribution in [0.3, 0.4) is 0 Å². The van der Waals surface area contributed by atoms with E-state index in [-0.39, 0.29) is 12.5 Å². The summed E-state index contributed by atoms with van der Waals surface area (Å²) in [5.74, 6) is 1.35. The number of amides is 1. The number of ether oxygens (including phenoxy) is 2. The predicted molar refractivity (Wildman–Crippen MR) is 90.9 cm³/mol. The molecule has 122 valence electrons. The Bertz CT molecular complexity index is 581. The van der Waals surface area contributed by atoms with Crippen LogP contribution in [0, 0.1) is 0 Å². The molecule has 23 heavy (non-hydrogen) atoms. The van der Waals surface area contributed by atoms with Crippen molar-refractivity contribution in [2.75, 3.05) is 19.8 Å². The molecule has 0 saturated heterocycles. The zero-order chi connectivity index (χ0) is 16.3. The summed E-state index contributed by atoms with van der Waals surface area (Å²) in [5, 5.41) is 2.87. The highest BCUT2D eigenvalue weighted by atomic mass is 16.5. The quantitative estimate of drug-likeness (QED) is 0.723. The average Bonchev–Trinajstić information content (AvgIpc) is 2.59. The van der Waals surface area contributed by atoms with Crippen molar-refractivity contribution in [3.05, 3.63) is 60.2 Å². The van der Waals surface area contributed by atoms with Gasteiger partial charge in [0, 0.05) is 6.54 Å². The SMILES string of the molecule is CCOc1ccc(OCC(=O)NCCCc2ccccc2)cc1. The Hall–Kier alpha value is -2.49. The predicted octanol–water partition coefficient (Wildman–Crippen LogP) is 3.21. The number of nitrogens with one attached hydrogen (secondary N) is 1. The molecular formula is C19H23NO3. The van der Waals surface area contributed by atoms with Crippen molar-refractivity contribution in [2.45, 2.75) is 19.8 Å². The zero-order valence-electron chi connectivity index (χ0n) is 13.5. The lowest BCUT2D eigenvalue weighted by Crippen LogP contribution is -2.29. The zero-order valence-corrected chi connectivity index (χ0v) is 13.5. The van der Waals surface area contributed by atoms with Gasteiger partial charge < -0.3 is 14.8 Å². The molecule has 2 aromatic carbocycles. The molecule has 0 aliphatic heterocycles. The molecule has 0 radical (unpaired) electrons. The maximum Gasteiger partial charge on any atom is 0.257 e. The number of hydrogen-bond donors (Lipinski definition) is 1. The van der Waals surface area contributed by atoms with Crippen LogP contribution in [-0.2, 0) is 11.2 Å². The van der Waals surface area contributed by atoms with Crippen molar-refractivity contribution >= 4 is 5.91 Å². The van der Waals surface area contributed by atoms with Gasteiger partial charge >= 0.3 is 0 Å². The maximum absolute atomic E-state index is 11.7. The maximum atomic E-state index is 11.7. The Morgan fingerprint density at radius 3 is 2.26 bits per heavy atom. The fourth-order valence-corrected chi connectivity index (χ4v) is 2.16. The van der Waals surface area contributed by atoms with Crippen molar-refractivity contribution in [3.63, 3.8) is 0 Å². The molecule has 0 bridgehead atoms. The molecule has 0 unspecified atom stereocenters. The number of carbonyl (C=O) groups excluding carboxylic acids is 1. The van der Waals surface area contributed by atoms with Gasteiger partial charge in [0.2, 0.25) is 0 Å². The number of benzene rings is 2. The second-order valence-corrected chi connectivity index (χ2v) is 5.13. The average molecular weight is 313 g/mol. The first-order valence-corrected chi connectivity index (χ1v) is 7.94. The fraction of sp³-hybridized carbons (Fsp3) is 0.316. The van der Waals surface area contributed by atoms with Gasteiger partial charge in [-0.15, -0.1) is 0 Å². The first kappa shape index (κ1) is 16.9. The minimum atomic E-state index is -0.105. The number of carbonyl (C=O) groups is 1. The molecule has 0 aliphatic carbocycles. The van der Waals surface area contributed by atoms with Crippen LogP contribution >= 0.6 is 0 Å². The lowest BCUT2D eigenvalue weighted by Gasteiger charge is -2.08. The van der Waals surface area contributed by atoms with Crippen LogP contribution in [0.2, 0.25) is 0 Å². The normalized spacial score (nSPS) is 10.1. The van der Waals surface area contributed by atoms with Crippen LogP contribution in [0.15, 0.2) is 54.6 Å². The van der Waals surface area contributed by atoms with Gasteiger partial charge in [-0.05, 0) is 49.6 Å². The van der Waals surface area contributed by atoms with Gasteiger partial charge in [0.05, 0.1) is 6.61 Å². The van der Waals surface area contributed by atoms with Gasteiger partial charge in [0.1, 0.15) is 11.5 Å². The molecule has 1 amide bonds. The summed E-state index contributed by atoms with van der Waals surface area (Å²) in [4.78, 5) is 11.7. The summed E-state index contributed by atoms with van der Waals surface area (Å²) in [7, 11) is 0. The monoisotopic (exact) mass is 313 g/mol. The molecule has 0 aliphatic rings. The van der Waals surface area contributed by atoms with Gasteiger partial charge in [0.15, 0.2) is 6.61 Å². The van der Waals surface area contributed by atoms with E-state index < -0.39 is 0 Å². The minimum Gasteiger partial charge on any atom is -0.494 e. The first-order valence-electron chi connectivity index (χ1n) is 7.94. The Labute approximate surface area is 137 Å².